The van der Waals surface area contributed by atoms with E-state index in [9.17, 15) is 13.2 Å². The lowest BCUT2D eigenvalue weighted by Crippen LogP contribution is -2.35. The highest BCUT2D eigenvalue weighted by molar-refractivity contribution is 7.86. The van der Waals surface area contributed by atoms with Crippen LogP contribution >= 0.6 is 12.4 Å². The van der Waals surface area contributed by atoms with Crippen LogP contribution in [0.1, 0.15) is 12.8 Å². The van der Waals surface area contributed by atoms with Crippen LogP contribution in [0.5, 0.6) is 0 Å². The largest absolute Gasteiger partial charge is 0.300 e. The van der Waals surface area contributed by atoms with Crippen LogP contribution in [0.15, 0.2) is 0 Å². The first-order valence-corrected chi connectivity index (χ1v) is 3.98. The number of ketones is 1. The van der Waals surface area contributed by atoms with Crippen molar-refractivity contribution in [2.24, 2.45) is 0 Å². The summed E-state index contributed by atoms with van der Waals surface area (Å²) in [5.41, 5.74) is 0. The molecule has 1 aliphatic carbocycles. The first-order valence-electron chi connectivity index (χ1n) is 2.48. The monoisotopic (exact) mass is 186 g/mol. The second-order valence-corrected chi connectivity index (χ2v) is 3.78. The fourth-order valence-corrected chi connectivity index (χ4v) is 1.45. The topological polar surface area (TPSA) is 71.4 Å². The Morgan fingerprint density at radius 3 is 1.90 bits per heavy atom. The van der Waals surface area contributed by atoms with Crippen molar-refractivity contribution in [3.63, 3.8) is 0 Å². The van der Waals surface area contributed by atoms with Crippen LogP contribution in [0.3, 0.4) is 0 Å². The Morgan fingerprint density at radius 1 is 1.40 bits per heavy atom. The van der Waals surface area contributed by atoms with Crippen molar-refractivity contribution in [1.82, 2.24) is 0 Å². The molecule has 0 bridgehead atoms. The minimum absolute atomic E-state index is 0. The molecule has 0 aromatic carbocycles. The standard InChI is InChI=1S/C4H6O4S.ClH/c5-3-1-4(2-3)9(6,7)8;/h4H,1-2H2,(H,6,7,8);1H. The lowest BCUT2D eigenvalue weighted by atomic mass is 9.98. The fraction of sp³-hybridized carbons (Fsp3) is 0.750. The Balaban J connectivity index is 0.000000810. The molecule has 1 fully saturated rings. The number of Topliss-reactive ketones (excluding diaryl/α,β-unsaturated/α-hetero) is 1. The first kappa shape index (κ1) is 9.87. The van der Waals surface area contributed by atoms with Crippen molar-refractivity contribution in [2.45, 2.75) is 18.1 Å². The molecule has 1 rings (SSSR count). The third kappa shape index (κ3) is 1.93. The second-order valence-electron chi connectivity index (χ2n) is 2.08. The maximum Gasteiger partial charge on any atom is 0.268 e. The number of hydrogen-bond acceptors (Lipinski definition) is 3. The number of carbonyl (C=O) groups is 1. The Hall–Kier alpha value is -0.130. The summed E-state index contributed by atoms with van der Waals surface area (Å²) in [6.07, 6.45) is -0.0301. The van der Waals surface area contributed by atoms with Gasteiger partial charge in [0.1, 0.15) is 11.0 Å². The van der Waals surface area contributed by atoms with Gasteiger partial charge in [-0.2, -0.15) is 8.42 Å². The van der Waals surface area contributed by atoms with E-state index in [2.05, 4.69) is 0 Å². The van der Waals surface area contributed by atoms with Crippen LogP contribution in [-0.4, -0.2) is 24.0 Å². The highest BCUT2D eigenvalue weighted by atomic mass is 35.5. The van der Waals surface area contributed by atoms with E-state index in [4.69, 9.17) is 4.55 Å². The normalized spacial score (nSPS) is 19.5. The van der Waals surface area contributed by atoms with Crippen LogP contribution in [0.2, 0.25) is 0 Å². The van der Waals surface area contributed by atoms with Crippen molar-refractivity contribution < 1.29 is 17.8 Å². The smallest absolute Gasteiger partial charge is 0.268 e. The predicted molar refractivity (Wildman–Crippen MR) is 36.8 cm³/mol. The van der Waals surface area contributed by atoms with Gasteiger partial charge in [0.15, 0.2) is 0 Å². The predicted octanol–water partition coefficient (Wildman–Crippen LogP) is 0.0275. The zero-order valence-corrected chi connectivity index (χ0v) is 6.61. The summed E-state index contributed by atoms with van der Waals surface area (Å²) in [5.74, 6) is -0.0994. The molecule has 1 aliphatic rings. The van der Waals surface area contributed by atoms with Crippen LogP contribution in [0.4, 0.5) is 0 Å². The van der Waals surface area contributed by atoms with Gasteiger partial charge in [0.25, 0.3) is 10.1 Å². The molecule has 60 valence electrons. The molecular weight excluding hydrogens is 180 g/mol. The van der Waals surface area contributed by atoms with E-state index in [1.807, 2.05) is 0 Å². The maximum atomic E-state index is 10.2. The van der Waals surface area contributed by atoms with E-state index >= 15 is 0 Å². The van der Waals surface area contributed by atoms with Gasteiger partial charge < -0.3 is 0 Å². The van der Waals surface area contributed by atoms with Gasteiger partial charge in [-0.1, -0.05) is 0 Å². The van der Waals surface area contributed by atoms with Crippen molar-refractivity contribution in [1.29, 1.82) is 0 Å². The molecule has 0 saturated heterocycles. The van der Waals surface area contributed by atoms with Gasteiger partial charge >= 0.3 is 0 Å². The van der Waals surface area contributed by atoms with Gasteiger partial charge in [-0.05, 0) is 0 Å². The average molecular weight is 187 g/mol. The number of carbonyl (C=O) groups excluding carboxylic acids is 1. The van der Waals surface area contributed by atoms with Gasteiger partial charge in [0.05, 0.1) is 0 Å². The molecule has 0 unspecified atom stereocenters. The molecule has 0 amide bonds. The molecule has 0 aromatic rings. The van der Waals surface area contributed by atoms with E-state index in [-0.39, 0.29) is 31.0 Å². The molecule has 0 aliphatic heterocycles. The van der Waals surface area contributed by atoms with Crippen LogP contribution in [0.25, 0.3) is 0 Å². The van der Waals surface area contributed by atoms with E-state index < -0.39 is 15.4 Å². The van der Waals surface area contributed by atoms with Gasteiger partial charge in [0.2, 0.25) is 0 Å². The lowest BCUT2D eigenvalue weighted by molar-refractivity contribution is -0.123. The molecule has 10 heavy (non-hydrogen) atoms. The zero-order valence-electron chi connectivity index (χ0n) is 4.98. The average Bonchev–Trinajstić information content (AvgIpc) is 1.55. The van der Waals surface area contributed by atoms with E-state index in [1.54, 1.807) is 0 Å². The minimum Gasteiger partial charge on any atom is -0.300 e. The summed E-state index contributed by atoms with van der Waals surface area (Å²) in [5, 5.41) is -0.815. The van der Waals surface area contributed by atoms with E-state index in [0.717, 1.165) is 0 Å². The Kier molecular flexibility index (Phi) is 2.82. The number of rotatable bonds is 1. The first-order chi connectivity index (χ1) is 4.00. The highest BCUT2D eigenvalue weighted by Crippen LogP contribution is 2.21. The molecular formula is C4H7ClO4S. The molecule has 4 nitrogen and oxygen atoms in total. The van der Waals surface area contributed by atoms with Gasteiger partial charge in [-0.25, -0.2) is 0 Å². The van der Waals surface area contributed by atoms with Crippen LogP contribution in [-0.2, 0) is 14.9 Å². The summed E-state index contributed by atoms with van der Waals surface area (Å²) in [7, 11) is -3.92. The van der Waals surface area contributed by atoms with Crippen molar-refractivity contribution in [3.05, 3.63) is 0 Å². The number of hydrogen-bond donors (Lipinski definition) is 1. The summed E-state index contributed by atoms with van der Waals surface area (Å²) < 4.78 is 28.6. The SMILES string of the molecule is Cl.O=C1CC(S(=O)(=O)O)C1. The van der Waals surface area contributed by atoms with Crippen LogP contribution in [0, 0.1) is 0 Å². The lowest BCUT2D eigenvalue weighted by Gasteiger charge is -2.19. The second kappa shape index (κ2) is 2.86. The van der Waals surface area contributed by atoms with Crippen LogP contribution < -0.4 is 0 Å². The van der Waals surface area contributed by atoms with Gasteiger partial charge in [0, 0.05) is 12.8 Å². The van der Waals surface area contributed by atoms with Crippen molar-refractivity contribution in [3.8, 4) is 0 Å². The Morgan fingerprint density at radius 2 is 1.80 bits per heavy atom. The molecule has 1 N–H and O–H groups in total. The molecule has 0 atom stereocenters. The molecule has 0 heterocycles. The van der Waals surface area contributed by atoms with Crippen molar-refractivity contribution >= 4 is 28.3 Å². The summed E-state index contributed by atoms with van der Waals surface area (Å²) in [4.78, 5) is 10.2. The maximum absolute atomic E-state index is 10.2. The molecule has 0 aromatic heterocycles. The number of halogens is 1. The summed E-state index contributed by atoms with van der Waals surface area (Å²) >= 11 is 0. The van der Waals surface area contributed by atoms with E-state index in [1.165, 1.54) is 0 Å². The highest BCUT2D eigenvalue weighted by Gasteiger charge is 2.36. The minimum atomic E-state index is -3.92. The molecule has 0 spiro atoms. The van der Waals surface area contributed by atoms with Gasteiger partial charge in [-0.15, -0.1) is 12.4 Å². The third-order valence-electron chi connectivity index (χ3n) is 1.33. The third-order valence-corrected chi connectivity index (χ3v) is 2.51. The molecule has 6 heteroatoms. The molecule has 0 radical (unpaired) electrons. The quantitative estimate of drug-likeness (QED) is 0.587. The summed E-state index contributed by atoms with van der Waals surface area (Å²) in [6.45, 7) is 0. The Bertz CT molecular complexity index is 224. The zero-order chi connectivity index (χ0) is 7.07. The van der Waals surface area contributed by atoms with Gasteiger partial charge in [-0.3, -0.25) is 9.35 Å². The fourth-order valence-electron chi connectivity index (χ4n) is 0.659. The Labute approximate surface area is 64.8 Å². The summed E-state index contributed by atoms with van der Waals surface area (Å²) in [6, 6.07) is 0. The van der Waals surface area contributed by atoms with E-state index in [0.29, 0.717) is 0 Å². The van der Waals surface area contributed by atoms with Crippen molar-refractivity contribution in [2.75, 3.05) is 0 Å². The molecule has 1 saturated carbocycles.